The lowest BCUT2D eigenvalue weighted by Gasteiger charge is -2.36. The number of hydrogen-bond acceptors (Lipinski definition) is 3. The van der Waals surface area contributed by atoms with Gasteiger partial charge in [-0.3, -0.25) is 4.79 Å². The second kappa shape index (κ2) is 7.43. The van der Waals surface area contributed by atoms with Gasteiger partial charge in [0, 0.05) is 48.9 Å². The highest BCUT2D eigenvalue weighted by molar-refractivity contribution is 5.96. The molecule has 0 saturated carbocycles. The number of carbonyl (C=O) groups excluding carboxylic acids is 1. The number of anilines is 1. The lowest BCUT2D eigenvalue weighted by atomic mass is 10.2. The van der Waals surface area contributed by atoms with Gasteiger partial charge in [0.25, 0.3) is 5.91 Å². The minimum atomic E-state index is 0.0978. The smallest absolute Gasteiger partial charge is 0.255 e. The number of phenolic OH excluding ortho intramolecular Hbond substituents is 1. The molecule has 1 saturated heterocycles. The van der Waals surface area contributed by atoms with Gasteiger partial charge in [-0.05, 0) is 56.3 Å². The highest BCUT2D eigenvalue weighted by Gasteiger charge is 2.25. The average Bonchev–Trinajstić information content (AvgIpc) is 3.03. The van der Waals surface area contributed by atoms with Crippen LogP contribution >= 0.6 is 0 Å². The number of phenols is 1. The zero-order valence-electron chi connectivity index (χ0n) is 16.3. The Balaban J connectivity index is 1.50. The molecule has 0 spiro atoms. The molecular weight excluding hydrogens is 350 g/mol. The van der Waals surface area contributed by atoms with Crippen LogP contribution in [0.3, 0.4) is 0 Å². The summed E-state index contributed by atoms with van der Waals surface area (Å²) in [4.78, 5) is 17.4. The van der Waals surface area contributed by atoms with E-state index in [4.69, 9.17) is 0 Å². The molecule has 1 amide bonds. The Bertz CT molecular complexity index is 969. The van der Waals surface area contributed by atoms with Gasteiger partial charge in [-0.15, -0.1) is 0 Å². The zero-order chi connectivity index (χ0) is 19.7. The molecule has 0 radical (unpaired) electrons. The minimum absolute atomic E-state index is 0.0978. The van der Waals surface area contributed by atoms with Crippen LogP contribution in [-0.4, -0.2) is 46.7 Å². The number of hydrogen-bond donors (Lipinski definition) is 1. The summed E-state index contributed by atoms with van der Waals surface area (Å²) < 4.78 is 2.14. The molecule has 1 N–H and O–H groups in total. The van der Waals surface area contributed by atoms with Crippen molar-refractivity contribution in [2.75, 3.05) is 31.1 Å². The lowest BCUT2D eigenvalue weighted by Crippen LogP contribution is -2.48. The minimum Gasteiger partial charge on any atom is -0.508 e. The SMILES string of the molecule is Cc1cc(C(=O)N2CCN(c3ccc(O)cc3)CC2)c(C)n1-c1ccccc1. The standard InChI is InChI=1S/C23H25N3O2/c1-17-16-22(18(2)26(17)20-6-4-3-5-7-20)23(28)25-14-12-24(13-15-25)19-8-10-21(27)11-9-19/h3-11,16,27H,12-15H2,1-2H3. The Hall–Kier alpha value is -3.21. The Morgan fingerprint density at radius 2 is 1.50 bits per heavy atom. The van der Waals surface area contributed by atoms with Crippen LogP contribution in [0.15, 0.2) is 60.7 Å². The van der Waals surface area contributed by atoms with Crippen LogP contribution < -0.4 is 4.90 Å². The molecule has 0 bridgehead atoms. The number of para-hydroxylation sites is 1. The van der Waals surface area contributed by atoms with Gasteiger partial charge < -0.3 is 19.5 Å². The van der Waals surface area contributed by atoms with Crippen molar-refractivity contribution < 1.29 is 9.90 Å². The van der Waals surface area contributed by atoms with Crippen molar-refractivity contribution in [2.45, 2.75) is 13.8 Å². The number of carbonyl (C=O) groups is 1. The van der Waals surface area contributed by atoms with Gasteiger partial charge in [-0.25, -0.2) is 0 Å². The predicted molar refractivity (Wildman–Crippen MR) is 111 cm³/mol. The van der Waals surface area contributed by atoms with E-state index < -0.39 is 0 Å². The number of rotatable bonds is 3. The fourth-order valence-electron chi connectivity index (χ4n) is 3.96. The molecule has 2 heterocycles. The molecule has 1 fully saturated rings. The summed E-state index contributed by atoms with van der Waals surface area (Å²) in [6.45, 7) is 7.00. The summed E-state index contributed by atoms with van der Waals surface area (Å²) >= 11 is 0. The van der Waals surface area contributed by atoms with E-state index in [9.17, 15) is 9.90 Å². The number of aromatic hydroxyl groups is 1. The molecule has 28 heavy (non-hydrogen) atoms. The van der Waals surface area contributed by atoms with E-state index >= 15 is 0 Å². The van der Waals surface area contributed by atoms with Crippen LogP contribution in [0.1, 0.15) is 21.7 Å². The van der Waals surface area contributed by atoms with Gasteiger partial charge in [0.2, 0.25) is 0 Å². The largest absolute Gasteiger partial charge is 0.508 e. The van der Waals surface area contributed by atoms with E-state index in [1.54, 1.807) is 12.1 Å². The quantitative estimate of drug-likeness (QED) is 0.758. The van der Waals surface area contributed by atoms with Gasteiger partial charge in [0.15, 0.2) is 0 Å². The van der Waals surface area contributed by atoms with Crippen molar-refractivity contribution in [3.63, 3.8) is 0 Å². The third-order valence-electron chi connectivity index (χ3n) is 5.46. The van der Waals surface area contributed by atoms with Crippen LogP contribution in [0.25, 0.3) is 5.69 Å². The second-order valence-corrected chi connectivity index (χ2v) is 7.25. The Kier molecular flexibility index (Phi) is 4.82. The highest BCUT2D eigenvalue weighted by atomic mass is 16.3. The van der Waals surface area contributed by atoms with Gasteiger partial charge in [0.05, 0.1) is 5.56 Å². The molecule has 5 heteroatoms. The van der Waals surface area contributed by atoms with Gasteiger partial charge in [0.1, 0.15) is 5.75 Å². The first-order valence-corrected chi connectivity index (χ1v) is 9.62. The number of amides is 1. The van der Waals surface area contributed by atoms with E-state index in [2.05, 4.69) is 21.6 Å². The summed E-state index contributed by atoms with van der Waals surface area (Å²) in [5, 5.41) is 9.46. The van der Waals surface area contributed by atoms with Gasteiger partial charge >= 0.3 is 0 Å². The summed E-state index contributed by atoms with van der Waals surface area (Å²) in [6.07, 6.45) is 0. The summed E-state index contributed by atoms with van der Waals surface area (Å²) in [5.41, 5.74) is 4.98. The van der Waals surface area contributed by atoms with Crippen molar-refractivity contribution in [1.29, 1.82) is 0 Å². The number of nitrogens with zero attached hydrogens (tertiary/aromatic N) is 3. The number of aromatic nitrogens is 1. The van der Waals surface area contributed by atoms with E-state index in [1.807, 2.05) is 55.1 Å². The van der Waals surface area contributed by atoms with Gasteiger partial charge in [-0.1, -0.05) is 18.2 Å². The molecule has 0 atom stereocenters. The summed E-state index contributed by atoms with van der Waals surface area (Å²) in [7, 11) is 0. The first kappa shape index (κ1) is 18.2. The summed E-state index contributed by atoms with van der Waals surface area (Å²) in [6, 6.07) is 19.4. The maximum atomic E-state index is 13.2. The molecule has 3 aromatic rings. The molecule has 144 valence electrons. The van der Waals surface area contributed by atoms with E-state index in [0.717, 1.165) is 41.4 Å². The first-order valence-electron chi connectivity index (χ1n) is 9.62. The fourth-order valence-corrected chi connectivity index (χ4v) is 3.96. The van der Waals surface area contributed by atoms with E-state index in [-0.39, 0.29) is 11.7 Å². The van der Waals surface area contributed by atoms with Crippen LogP contribution in [-0.2, 0) is 0 Å². The van der Waals surface area contributed by atoms with Crippen LogP contribution in [0.4, 0.5) is 5.69 Å². The Labute approximate surface area is 165 Å². The third-order valence-corrected chi connectivity index (χ3v) is 5.46. The lowest BCUT2D eigenvalue weighted by molar-refractivity contribution is 0.0746. The van der Waals surface area contributed by atoms with Crippen molar-refractivity contribution >= 4 is 11.6 Å². The molecule has 1 aliphatic heterocycles. The Morgan fingerprint density at radius 1 is 0.857 bits per heavy atom. The van der Waals surface area contributed by atoms with E-state index in [0.29, 0.717) is 13.1 Å². The zero-order valence-corrected chi connectivity index (χ0v) is 16.3. The fraction of sp³-hybridized carbons (Fsp3) is 0.261. The monoisotopic (exact) mass is 375 g/mol. The van der Waals surface area contributed by atoms with Crippen LogP contribution in [0, 0.1) is 13.8 Å². The van der Waals surface area contributed by atoms with Crippen LogP contribution in [0.2, 0.25) is 0 Å². The molecule has 1 aromatic heterocycles. The number of piperazine rings is 1. The Morgan fingerprint density at radius 3 is 2.14 bits per heavy atom. The van der Waals surface area contributed by atoms with Crippen molar-refractivity contribution in [2.24, 2.45) is 0 Å². The third kappa shape index (κ3) is 3.36. The van der Waals surface area contributed by atoms with Gasteiger partial charge in [-0.2, -0.15) is 0 Å². The molecule has 0 unspecified atom stereocenters. The molecule has 2 aromatic carbocycles. The normalized spacial score (nSPS) is 14.4. The predicted octanol–water partition coefficient (Wildman–Crippen LogP) is 3.76. The van der Waals surface area contributed by atoms with E-state index in [1.165, 1.54) is 0 Å². The van der Waals surface area contributed by atoms with Crippen molar-refractivity contribution in [1.82, 2.24) is 9.47 Å². The van der Waals surface area contributed by atoms with Crippen LogP contribution in [0.5, 0.6) is 5.75 Å². The molecule has 4 rings (SSSR count). The first-order chi connectivity index (χ1) is 13.5. The maximum absolute atomic E-state index is 13.2. The second-order valence-electron chi connectivity index (χ2n) is 7.25. The highest BCUT2D eigenvalue weighted by Crippen LogP contribution is 2.24. The summed E-state index contributed by atoms with van der Waals surface area (Å²) in [5.74, 6) is 0.368. The molecular formula is C23H25N3O2. The molecule has 1 aliphatic rings. The maximum Gasteiger partial charge on any atom is 0.255 e. The number of aryl methyl sites for hydroxylation is 1. The molecule has 5 nitrogen and oxygen atoms in total. The topological polar surface area (TPSA) is 48.7 Å². The average molecular weight is 375 g/mol. The van der Waals surface area contributed by atoms with Crippen molar-refractivity contribution in [3.8, 4) is 11.4 Å². The molecule has 0 aliphatic carbocycles. The number of benzene rings is 2. The van der Waals surface area contributed by atoms with Crippen molar-refractivity contribution in [3.05, 3.63) is 77.6 Å².